The van der Waals surface area contributed by atoms with E-state index in [1.165, 1.54) is 11.3 Å². The van der Waals surface area contributed by atoms with Gasteiger partial charge in [-0.05, 0) is 36.8 Å². The lowest BCUT2D eigenvalue weighted by Crippen LogP contribution is -2.47. The largest absolute Gasteiger partial charge is 0.497 e. The fraction of sp³-hybridized carbons (Fsp3) is 0.400. The van der Waals surface area contributed by atoms with Gasteiger partial charge in [-0.3, -0.25) is 4.90 Å². The van der Waals surface area contributed by atoms with E-state index < -0.39 is 6.10 Å². The van der Waals surface area contributed by atoms with E-state index in [1.54, 1.807) is 7.11 Å². The molecule has 24 heavy (non-hydrogen) atoms. The molecule has 1 saturated heterocycles. The molecule has 2 aromatic carbocycles. The van der Waals surface area contributed by atoms with Gasteiger partial charge in [-0.1, -0.05) is 29.8 Å². The Balaban J connectivity index is 1.54. The van der Waals surface area contributed by atoms with E-state index in [4.69, 9.17) is 4.74 Å². The zero-order valence-corrected chi connectivity index (χ0v) is 14.5. The molecular formula is C20H26N2O2. The van der Waals surface area contributed by atoms with Crippen LogP contribution in [0.15, 0.2) is 48.5 Å². The van der Waals surface area contributed by atoms with Crippen molar-refractivity contribution < 1.29 is 9.84 Å². The molecule has 4 heteroatoms. The summed E-state index contributed by atoms with van der Waals surface area (Å²) in [5, 5.41) is 10.5. The number of rotatable bonds is 5. The van der Waals surface area contributed by atoms with E-state index in [0.29, 0.717) is 6.54 Å². The predicted octanol–water partition coefficient (Wildman–Crippen LogP) is 2.86. The molecule has 1 heterocycles. The number of ether oxygens (including phenoxy) is 1. The van der Waals surface area contributed by atoms with Crippen LogP contribution in [0.3, 0.4) is 0 Å². The molecule has 1 fully saturated rings. The summed E-state index contributed by atoms with van der Waals surface area (Å²) in [5.41, 5.74) is 3.49. The molecular weight excluding hydrogens is 300 g/mol. The first kappa shape index (κ1) is 16.8. The Morgan fingerprint density at radius 3 is 2.42 bits per heavy atom. The molecule has 128 valence electrons. The summed E-state index contributed by atoms with van der Waals surface area (Å²) < 4.78 is 5.24. The second-order valence-corrected chi connectivity index (χ2v) is 6.42. The van der Waals surface area contributed by atoms with Crippen LogP contribution in [0.4, 0.5) is 5.69 Å². The number of aliphatic hydroxyl groups excluding tert-OH is 1. The summed E-state index contributed by atoms with van der Waals surface area (Å²) in [5.74, 6) is 0.788. The van der Waals surface area contributed by atoms with Gasteiger partial charge in [0.05, 0.1) is 13.2 Å². The van der Waals surface area contributed by atoms with E-state index in [1.807, 2.05) is 24.3 Å². The predicted molar refractivity (Wildman–Crippen MR) is 97.8 cm³/mol. The van der Waals surface area contributed by atoms with Crippen molar-refractivity contribution in [2.45, 2.75) is 13.0 Å². The van der Waals surface area contributed by atoms with Crippen molar-refractivity contribution in [3.8, 4) is 5.75 Å². The van der Waals surface area contributed by atoms with Crippen LogP contribution < -0.4 is 9.64 Å². The van der Waals surface area contributed by atoms with Crippen LogP contribution in [0.2, 0.25) is 0 Å². The minimum absolute atomic E-state index is 0.481. The van der Waals surface area contributed by atoms with Crippen molar-refractivity contribution in [3.63, 3.8) is 0 Å². The number of β-amino-alcohol motifs (C(OH)–C–C–N with tert-alkyl or cyclic N) is 1. The maximum absolute atomic E-state index is 10.5. The lowest BCUT2D eigenvalue weighted by molar-refractivity contribution is 0.109. The summed E-state index contributed by atoms with van der Waals surface area (Å²) in [6.45, 7) is 6.70. The number of aryl methyl sites for hydroxylation is 1. The minimum Gasteiger partial charge on any atom is -0.497 e. The van der Waals surface area contributed by atoms with Gasteiger partial charge in [-0.15, -0.1) is 0 Å². The molecule has 3 rings (SSSR count). The Labute approximate surface area is 144 Å². The van der Waals surface area contributed by atoms with Gasteiger partial charge in [0.15, 0.2) is 0 Å². The summed E-state index contributed by atoms with van der Waals surface area (Å²) in [4.78, 5) is 4.74. The molecule has 2 aromatic rings. The van der Waals surface area contributed by atoms with Crippen LogP contribution in [-0.4, -0.2) is 49.8 Å². The Bertz CT molecular complexity index is 649. The maximum Gasteiger partial charge on any atom is 0.119 e. The fourth-order valence-corrected chi connectivity index (χ4v) is 3.14. The number of anilines is 1. The highest BCUT2D eigenvalue weighted by atomic mass is 16.5. The van der Waals surface area contributed by atoms with Crippen molar-refractivity contribution in [2.75, 3.05) is 44.7 Å². The number of benzene rings is 2. The van der Waals surface area contributed by atoms with Gasteiger partial charge in [-0.25, -0.2) is 0 Å². The molecule has 1 aliphatic heterocycles. The smallest absolute Gasteiger partial charge is 0.119 e. The first-order valence-corrected chi connectivity index (χ1v) is 8.51. The van der Waals surface area contributed by atoms with Crippen LogP contribution in [0.25, 0.3) is 0 Å². The van der Waals surface area contributed by atoms with Crippen LogP contribution >= 0.6 is 0 Å². The van der Waals surface area contributed by atoms with Crippen LogP contribution in [0, 0.1) is 6.92 Å². The number of hydrogen-bond acceptors (Lipinski definition) is 4. The van der Waals surface area contributed by atoms with Gasteiger partial charge >= 0.3 is 0 Å². The van der Waals surface area contributed by atoms with Gasteiger partial charge in [0.1, 0.15) is 5.75 Å². The lowest BCUT2D eigenvalue weighted by atomic mass is 10.1. The number of aliphatic hydroxyl groups is 1. The van der Waals surface area contributed by atoms with Gasteiger partial charge in [0, 0.05) is 38.4 Å². The summed E-state index contributed by atoms with van der Waals surface area (Å²) in [6, 6.07) is 16.4. The summed E-state index contributed by atoms with van der Waals surface area (Å²) >= 11 is 0. The number of nitrogens with zero attached hydrogens (tertiary/aromatic N) is 2. The Morgan fingerprint density at radius 2 is 1.75 bits per heavy atom. The fourth-order valence-electron chi connectivity index (χ4n) is 3.14. The molecule has 0 saturated carbocycles. The average molecular weight is 326 g/mol. The minimum atomic E-state index is -0.481. The first-order valence-electron chi connectivity index (χ1n) is 8.51. The third-order valence-corrected chi connectivity index (χ3v) is 4.68. The quantitative estimate of drug-likeness (QED) is 0.916. The second kappa shape index (κ2) is 7.69. The van der Waals surface area contributed by atoms with Gasteiger partial charge in [0.25, 0.3) is 0 Å². The monoisotopic (exact) mass is 326 g/mol. The number of hydrogen-bond donors (Lipinski definition) is 1. The maximum atomic E-state index is 10.5. The molecule has 0 bridgehead atoms. The highest BCUT2D eigenvalue weighted by Crippen LogP contribution is 2.22. The molecule has 0 aliphatic carbocycles. The normalized spacial score (nSPS) is 16.9. The van der Waals surface area contributed by atoms with Crippen molar-refractivity contribution in [1.29, 1.82) is 0 Å². The van der Waals surface area contributed by atoms with E-state index >= 15 is 0 Å². The lowest BCUT2D eigenvalue weighted by Gasteiger charge is -2.37. The van der Waals surface area contributed by atoms with Crippen LogP contribution in [0.1, 0.15) is 17.2 Å². The van der Waals surface area contributed by atoms with Crippen molar-refractivity contribution in [3.05, 3.63) is 59.7 Å². The number of methoxy groups -OCH3 is 1. The van der Waals surface area contributed by atoms with E-state index in [9.17, 15) is 5.11 Å². The van der Waals surface area contributed by atoms with E-state index in [-0.39, 0.29) is 0 Å². The molecule has 0 spiro atoms. The third kappa shape index (κ3) is 4.08. The molecule has 1 aliphatic rings. The average Bonchev–Trinajstić information content (AvgIpc) is 2.63. The van der Waals surface area contributed by atoms with Crippen molar-refractivity contribution >= 4 is 5.69 Å². The van der Waals surface area contributed by atoms with Crippen LogP contribution in [-0.2, 0) is 0 Å². The standard InChI is InChI=1S/C20H26N2O2/c1-16-6-8-18(9-7-16)22-12-10-21(11-13-22)15-20(23)17-4-3-5-19(14-17)24-2/h3-9,14,20,23H,10-13,15H2,1-2H3/t20-/m1/s1. The van der Waals surface area contributed by atoms with Crippen molar-refractivity contribution in [2.24, 2.45) is 0 Å². The molecule has 4 nitrogen and oxygen atoms in total. The van der Waals surface area contributed by atoms with Gasteiger partial charge < -0.3 is 14.7 Å². The zero-order chi connectivity index (χ0) is 16.9. The molecule has 1 atom stereocenters. The Kier molecular flexibility index (Phi) is 5.38. The van der Waals surface area contributed by atoms with Gasteiger partial charge in [-0.2, -0.15) is 0 Å². The Hall–Kier alpha value is -2.04. The molecule has 0 amide bonds. The molecule has 0 unspecified atom stereocenters. The second-order valence-electron chi connectivity index (χ2n) is 6.42. The molecule has 1 N–H and O–H groups in total. The van der Waals surface area contributed by atoms with Crippen LogP contribution in [0.5, 0.6) is 5.75 Å². The highest BCUT2D eigenvalue weighted by Gasteiger charge is 2.20. The third-order valence-electron chi connectivity index (χ3n) is 4.68. The van der Waals surface area contributed by atoms with Crippen molar-refractivity contribution in [1.82, 2.24) is 4.90 Å². The number of piperazine rings is 1. The van der Waals surface area contributed by atoms with E-state index in [2.05, 4.69) is 41.0 Å². The summed E-state index contributed by atoms with van der Waals surface area (Å²) in [6.07, 6.45) is -0.481. The Morgan fingerprint density at radius 1 is 1.04 bits per heavy atom. The highest BCUT2D eigenvalue weighted by molar-refractivity contribution is 5.47. The SMILES string of the molecule is COc1cccc([C@H](O)CN2CCN(c3ccc(C)cc3)CC2)c1. The molecule has 0 radical (unpaired) electrons. The zero-order valence-electron chi connectivity index (χ0n) is 14.5. The molecule has 0 aromatic heterocycles. The van der Waals surface area contributed by atoms with Gasteiger partial charge in [0.2, 0.25) is 0 Å². The topological polar surface area (TPSA) is 35.9 Å². The summed E-state index contributed by atoms with van der Waals surface area (Å²) in [7, 11) is 1.65. The van der Waals surface area contributed by atoms with E-state index in [0.717, 1.165) is 37.5 Å². The first-order chi connectivity index (χ1) is 11.7.